The van der Waals surface area contributed by atoms with Gasteiger partial charge in [-0.15, -0.1) is 16.4 Å². The quantitative estimate of drug-likeness (QED) is 0.554. The number of rotatable bonds is 5. The Balaban J connectivity index is 1.51. The van der Waals surface area contributed by atoms with Gasteiger partial charge in [0.15, 0.2) is 12.1 Å². The fourth-order valence-electron chi connectivity index (χ4n) is 4.16. The number of carbonyl (C=O) groups excluding carboxylic acids is 1. The largest absolute Gasteiger partial charge is 0.376 e. The van der Waals surface area contributed by atoms with Crippen LogP contribution >= 0.6 is 22.9 Å². The van der Waals surface area contributed by atoms with E-state index in [0.29, 0.717) is 15.9 Å². The molecule has 3 aromatic rings. The molecule has 0 spiro atoms. The molecule has 2 aromatic heterocycles. The molecule has 5 rings (SSSR count). The van der Waals surface area contributed by atoms with Gasteiger partial charge in [0.1, 0.15) is 46.3 Å². The maximum Gasteiger partial charge on any atom is 0.184 e. The van der Waals surface area contributed by atoms with Crippen LogP contribution in [0.25, 0.3) is 10.7 Å². The third-order valence-corrected chi connectivity index (χ3v) is 6.80. The van der Waals surface area contributed by atoms with Gasteiger partial charge in [0.25, 0.3) is 0 Å². The highest BCUT2D eigenvalue weighted by atomic mass is 35.5. The molecule has 6 atom stereocenters. The van der Waals surface area contributed by atoms with E-state index in [2.05, 4.69) is 15.3 Å². The van der Waals surface area contributed by atoms with Crippen LogP contribution in [0.3, 0.4) is 0 Å². The minimum atomic E-state index is -0.784. The van der Waals surface area contributed by atoms with E-state index in [4.69, 9.17) is 30.5 Å². The van der Waals surface area contributed by atoms with Crippen LogP contribution in [0.15, 0.2) is 41.9 Å². The van der Waals surface area contributed by atoms with Crippen molar-refractivity contribution >= 4 is 28.7 Å². The molecule has 168 valence electrons. The van der Waals surface area contributed by atoms with Crippen molar-refractivity contribution in [1.82, 2.24) is 20.0 Å². The second-order valence-electron chi connectivity index (χ2n) is 7.63. The van der Waals surface area contributed by atoms with Gasteiger partial charge in [-0.05, 0) is 6.92 Å². The fraction of sp³-hybridized carbons (Fsp3) is 0.429. The highest BCUT2D eigenvalue weighted by Crippen LogP contribution is 2.40. The summed E-state index contributed by atoms with van der Waals surface area (Å²) in [5, 5.41) is 11.4. The summed E-state index contributed by atoms with van der Waals surface area (Å²) in [4.78, 5) is 16.6. The van der Waals surface area contributed by atoms with E-state index in [1.54, 1.807) is 23.4 Å². The molecule has 11 heteroatoms. The number of ether oxygens (including phenoxy) is 4. The van der Waals surface area contributed by atoms with Crippen molar-refractivity contribution in [2.45, 2.75) is 43.7 Å². The van der Waals surface area contributed by atoms with Gasteiger partial charge in [0.05, 0.1) is 12.8 Å². The van der Waals surface area contributed by atoms with E-state index in [-0.39, 0.29) is 12.4 Å². The summed E-state index contributed by atoms with van der Waals surface area (Å²) >= 11 is 7.34. The molecule has 9 nitrogen and oxygen atoms in total. The number of ketones is 1. The normalized spacial score (nSPS) is 30.1. The van der Waals surface area contributed by atoms with Crippen LogP contribution in [0.1, 0.15) is 24.8 Å². The number of Topliss-reactive ketones (excluding diaryl/α,β-unsaturated/α-hetero) is 1. The van der Waals surface area contributed by atoms with Crippen LogP contribution in [0.5, 0.6) is 0 Å². The van der Waals surface area contributed by atoms with Gasteiger partial charge in [0, 0.05) is 18.1 Å². The van der Waals surface area contributed by atoms with E-state index in [0.717, 1.165) is 5.56 Å². The van der Waals surface area contributed by atoms with Gasteiger partial charge in [-0.1, -0.05) is 47.1 Å². The van der Waals surface area contributed by atoms with Gasteiger partial charge in [-0.3, -0.25) is 4.79 Å². The third-order valence-electron chi connectivity index (χ3n) is 5.61. The lowest BCUT2D eigenvalue weighted by atomic mass is 9.90. The maximum absolute atomic E-state index is 12.4. The highest BCUT2D eigenvalue weighted by molar-refractivity contribution is 7.13. The average Bonchev–Trinajstić information content (AvgIpc) is 3.47. The zero-order chi connectivity index (χ0) is 22.2. The standard InChI is InChI=1S/C21H21ClN4O5S/c1-11(27)17-19(28-2)16(26-8-13(24-25-26)20-23-15(22)10-32-20)18-14(30-17)9-29-21(31-18)12-6-4-3-5-7-12/h3-8,10,14,16-19,21H,9H2,1-2H3/t14?,16?,17-,18-,19?,21?/m0/s1. The maximum atomic E-state index is 12.4. The van der Waals surface area contributed by atoms with Crippen molar-refractivity contribution in [3.05, 3.63) is 52.6 Å². The van der Waals surface area contributed by atoms with Gasteiger partial charge in [-0.25, -0.2) is 9.67 Å². The third kappa shape index (κ3) is 3.98. The summed E-state index contributed by atoms with van der Waals surface area (Å²) in [6.07, 6.45) is -1.17. The monoisotopic (exact) mass is 476 g/mol. The van der Waals surface area contributed by atoms with Crippen LogP contribution in [0.2, 0.25) is 5.15 Å². The smallest absolute Gasteiger partial charge is 0.184 e. The summed E-state index contributed by atoms with van der Waals surface area (Å²) in [5.41, 5.74) is 1.47. The molecule has 4 heterocycles. The lowest BCUT2D eigenvalue weighted by molar-refractivity contribution is -0.314. The van der Waals surface area contributed by atoms with Crippen molar-refractivity contribution in [3.8, 4) is 10.7 Å². The van der Waals surface area contributed by atoms with Crippen molar-refractivity contribution in [3.63, 3.8) is 0 Å². The lowest BCUT2D eigenvalue weighted by Crippen LogP contribution is -2.61. The Bertz CT molecular complexity index is 1090. The van der Waals surface area contributed by atoms with Gasteiger partial charge in [-0.2, -0.15) is 0 Å². The van der Waals surface area contributed by atoms with Crippen LogP contribution in [-0.2, 0) is 23.7 Å². The first kappa shape index (κ1) is 21.6. The van der Waals surface area contributed by atoms with Gasteiger partial charge >= 0.3 is 0 Å². The molecule has 0 N–H and O–H groups in total. The zero-order valence-electron chi connectivity index (χ0n) is 17.3. The summed E-state index contributed by atoms with van der Waals surface area (Å²) in [5.74, 6) is -0.141. The molecule has 1 aromatic carbocycles. The van der Waals surface area contributed by atoms with Crippen molar-refractivity contribution in [2.75, 3.05) is 13.7 Å². The number of hydrogen-bond donors (Lipinski definition) is 0. The second-order valence-corrected chi connectivity index (χ2v) is 8.88. The first-order valence-corrected chi connectivity index (χ1v) is 11.3. The molecule has 32 heavy (non-hydrogen) atoms. The van der Waals surface area contributed by atoms with E-state index in [1.807, 2.05) is 30.3 Å². The van der Waals surface area contributed by atoms with E-state index in [1.165, 1.54) is 18.3 Å². The summed E-state index contributed by atoms with van der Waals surface area (Å²) in [6.45, 7) is 1.75. The molecule has 2 saturated heterocycles. The Hall–Kier alpha value is -2.21. The Labute approximate surface area is 193 Å². The Kier molecular flexibility index (Phi) is 6.06. The van der Waals surface area contributed by atoms with E-state index >= 15 is 0 Å². The van der Waals surface area contributed by atoms with Crippen molar-refractivity contribution < 1.29 is 23.7 Å². The molecular weight excluding hydrogens is 456 g/mol. The summed E-state index contributed by atoms with van der Waals surface area (Å²) in [7, 11) is 1.55. The minimum Gasteiger partial charge on any atom is -0.376 e. The molecule has 0 amide bonds. The number of thiazole rings is 1. The fourth-order valence-corrected chi connectivity index (χ4v) is 5.06. The first-order chi connectivity index (χ1) is 15.5. The molecule has 0 saturated carbocycles. The summed E-state index contributed by atoms with van der Waals surface area (Å²) < 4.78 is 25.8. The molecule has 0 bridgehead atoms. The minimum absolute atomic E-state index is 0.141. The topological polar surface area (TPSA) is 97.6 Å². The number of benzene rings is 1. The number of nitrogens with zero attached hydrogens (tertiary/aromatic N) is 4. The van der Waals surface area contributed by atoms with Crippen LogP contribution in [0, 0.1) is 0 Å². The van der Waals surface area contributed by atoms with Gasteiger partial charge < -0.3 is 18.9 Å². The zero-order valence-corrected chi connectivity index (χ0v) is 18.9. The van der Waals surface area contributed by atoms with Crippen molar-refractivity contribution in [2.24, 2.45) is 0 Å². The predicted octanol–water partition coefficient (Wildman–Crippen LogP) is 3.08. The highest BCUT2D eigenvalue weighted by Gasteiger charge is 2.52. The van der Waals surface area contributed by atoms with Crippen LogP contribution in [0.4, 0.5) is 0 Å². The number of carbonyl (C=O) groups is 1. The molecule has 2 aliphatic rings. The predicted molar refractivity (Wildman–Crippen MR) is 115 cm³/mol. The molecular formula is C21H21ClN4O5S. The number of fused-ring (bicyclic) bond motifs is 1. The molecule has 4 unspecified atom stereocenters. The van der Waals surface area contributed by atoms with Gasteiger partial charge in [0.2, 0.25) is 0 Å². The number of halogens is 1. The molecule has 0 radical (unpaired) electrons. The number of methoxy groups -OCH3 is 1. The average molecular weight is 477 g/mol. The Morgan fingerprint density at radius 3 is 2.78 bits per heavy atom. The van der Waals surface area contributed by atoms with Crippen LogP contribution in [-0.4, -0.2) is 63.9 Å². The SMILES string of the molecule is COC1C(n2cc(-c3nc(Cl)cs3)nn2)[C@H]2OC(c3ccccc3)OCC2O[C@H]1C(C)=O. The summed E-state index contributed by atoms with van der Waals surface area (Å²) in [6, 6.07) is 9.19. The van der Waals surface area contributed by atoms with Crippen molar-refractivity contribution in [1.29, 1.82) is 0 Å². The van der Waals surface area contributed by atoms with Crippen LogP contribution < -0.4 is 0 Å². The first-order valence-electron chi connectivity index (χ1n) is 10.1. The number of hydrogen-bond acceptors (Lipinski definition) is 9. The molecule has 2 aliphatic heterocycles. The Morgan fingerprint density at radius 2 is 2.09 bits per heavy atom. The van der Waals surface area contributed by atoms with E-state index in [9.17, 15) is 4.79 Å². The van der Waals surface area contributed by atoms with E-state index < -0.39 is 36.7 Å². The Morgan fingerprint density at radius 1 is 1.28 bits per heavy atom. The molecule has 2 fully saturated rings. The molecule has 0 aliphatic carbocycles. The lowest BCUT2D eigenvalue weighted by Gasteiger charge is -2.48. The number of aromatic nitrogens is 4. The second kappa shape index (κ2) is 8.97.